The van der Waals surface area contributed by atoms with Gasteiger partial charge in [0.15, 0.2) is 0 Å². The van der Waals surface area contributed by atoms with Gasteiger partial charge >= 0.3 is 0 Å². The first kappa shape index (κ1) is 12.7. The monoisotopic (exact) mass is 224 g/mol. The van der Waals surface area contributed by atoms with Crippen molar-refractivity contribution in [2.75, 3.05) is 0 Å². The SMILES string of the molecule is CC(C)(C)c1nc(O)c(C(C)(C)C)c(=O)[nH]1. The third kappa shape index (κ3) is 2.43. The Kier molecular flexibility index (Phi) is 2.88. The average Bonchev–Trinajstić information content (AvgIpc) is 1.97. The highest BCUT2D eigenvalue weighted by Gasteiger charge is 2.26. The minimum Gasteiger partial charge on any atom is -0.493 e. The van der Waals surface area contributed by atoms with Crippen LogP contribution in [0, 0.1) is 0 Å². The van der Waals surface area contributed by atoms with Crippen molar-refractivity contribution in [3.05, 3.63) is 21.7 Å². The predicted octanol–water partition coefficient (Wildman–Crippen LogP) is 2.07. The van der Waals surface area contributed by atoms with Crippen molar-refractivity contribution in [1.82, 2.24) is 9.97 Å². The van der Waals surface area contributed by atoms with Crippen LogP contribution in [0.2, 0.25) is 0 Å². The topological polar surface area (TPSA) is 66.0 Å². The molecule has 1 rings (SSSR count). The van der Waals surface area contributed by atoms with Gasteiger partial charge in [-0.25, -0.2) is 0 Å². The van der Waals surface area contributed by atoms with Crippen LogP contribution in [-0.4, -0.2) is 15.1 Å². The fourth-order valence-corrected chi connectivity index (χ4v) is 1.49. The van der Waals surface area contributed by atoms with Crippen LogP contribution >= 0.6 is 0 Å². The molecule has 1 heterocycles. The second-order valence-corrected chi connectivity index (χ2v) is 6.11. The van der Waals surface area contributed by atoms with Crippen LogP contribution in [0.25, 0.3) is 0 Å². The third-order valence-corrected chi connectivity index (χ3v) is 2.36. The van der Waals surface area contributed by atoms with Gasteiger partial charge < -0.3 is 10.1 Å². The summed E-state index contributed by atoms with van der Waals surface area (Å²) >= 11 is 0. The Morgan fingerprint density at radius 3 is 1.88 bits per heavy atom. The number of H-pyrrole nitrogens is 1. The molecule has 0 aromatic carbocycles. The Morgan fingerprint density at radius 2 is 1.56 bits per heavy atom. The van der Waals surface area contributed by atoms with Gasteiger partial charge in [0, 0.05) is 5.41 Å². The van der Waals surface area contributed by atoms with E-state index in [1.165, 1.54) is 0 Å². The zero-order chi connectivity index (χ0) is 12.7. The summed E-state index contributed by atoms with van der Waals surface area (Å²) < 4.78 is 0. The van der Waals surface area contributed by atoms with E-state index in [2.05, 4.69) is 9.97 Å². The molecule has 0 aliphatic carbocycles. The zero-order valence-electron chi connectivity index (χ0n) is 10.8. The van der Waals surface area contributed by atoms with E-state index in [4.69, 9.17) is 0 Å². The van der Waals surface area contributed by atoms with Crippen LogP contribution in [0.1, 0.15) is 52.9 Å². The predicted molar refractivity (Wildman–Crippen MR) is 63.9 cm³/mol. The molecule has 0 unspecified atom stereocenters. The van der Waals surface area contributed by atoms with E-state index in [1.807, 2.05) is 41.5 Å². The van der Waals surface area contributed by atoms with Crippen LogP contribution in [0.4, 0.5) is 0 Å². The van der Waals surface area contributed by atoms with E-state index in [1.54, 1.807) is 0 Å². The molecule has 0 amide bonds. The number of aromatic amines is 1. The summed E-state index contributed by atoms with van der Waals surface area (Å²) in [5, 5.41) is 9.84. The first-order valence-electron chi connectivity index (χ1n) is 5.37. The van der Waals surface area contributed by atoms with Gasteiger partial charge in [0.05, 0.1) is 5.56 Å². The molecule has 4 nitrogen and oxygen atoms in total. The standard InChI is InChI=1S/C12H20N2O2/c1-11(2,3)7-8(15)13-10(12(4,5)6)14-9(7)16/h1-6H3,(H2,13,14,15,16). The molecular weight excluding hydrogens is 204 g/mol. The summed E-state index contributed by atoms with van der Waals surface area (Å²) in [6.07, 6.45) is 0. The summed E-state index contributed by atoms with van der Waals surface area (Å²) in [7, 11) is 0. The average molecular weight is 224 g/mol. The highest BCUT2D eigenvalue weighted by atomic mass is 16.3. The summed E-state index contributed by atoms with van der Waals surface area (Å²) in [6, 6.07) is 0. The molecule has 1 aromatic heterocycles. The molecule has 0 spiro atoms. The Hall–Kier alpha value is -1.32. The molecule has 90 valence electrons. The molecule has 1 aromatic rings. The second kappa shape index (κ2) is 3.61. The number of hydrogen-bond donors (Lipinski definition) is 2. The van der Waals surface area contributed by atoms with Crippen LogP contribution in [0.15, 0.2) is 4.79 Å². The van der Waals surface area contributed by atoms with Gasteiger partial charge in [0.2, 0.25) is 5.88 Å². The second-order valence-electron chi connectivity index (χ2n) is 6.11. The molecule has 2 N–H and O–H groups in total. The minimum absolute atomic E-state index is 0.166. The first-order valence-corrected chi connectivity index (χ1v) is 5.37. The van der Waals surface area contributed by atoms with Crippen LogP contribution in [-0.2, 0) is 10.8 Å². The lowest BCUT2D eigenvalue weighted by Gasteiger charge is -2.22. The van der Waals surface area contributed by atoms with E-state index >= 15 is 0 Å². The quantitative estimate of drug-likeness (QED) is 0.709. The fourth-order valence-electron chi connectivity index (χ4n) is 1.49. The molecule has 0 aliphatic rings. The zero-order valence-corrected chi connectivity index (χ0v) is 10.8. The van der Waals surface area contributed by atoms with Gasteiger partial charge in [-0.05, 0) is 5.41 Å². The highest BCUT2D eigenvalue weighted by Crippen LogP contribution is 2.27. The molecule has 0 saturated carbocycles. The number of aromatic hydroxyl groups is 1. The van der Waals surface area contributed by atoms with Gasteiger partial charge in [-0.15, -0.1) is 0 Å². The number of nitrogens with zero attached hydrogens (tertiary/aromatic N) is 1. The normalized spacial score (nSPS) is 12.9. The molecule has 0 radical (unpaired) electrons. The van der Waals surface area contributed by atoms with Gasteiger partial charge in [-0.3, -0.25) is 4.79 Å². The van der Waals surface area contributed by atoms with E-state index in [9.17, 15) is 9.90 Å². The van der Waals surface area contributed by atoms with E-state index in [-0.39, 0.29) is 16.9 Å². The lowest BCUT2D eigenvalue weighted by atomic mass is 9.88. The maximum absolute atomic E-state index is 11.9. The van der Waals surface area contributed by atoms with E-state index < -0.39 is 5.41 Å². The van der Waals surface area contributed by atoms with E-state index in [0.717, 1.165) is 0 Å². The molecule has 4 heteroatoms. The van der Waals surface area contributed by atoms with Crippen molar-refractivity contribution in [1.29, 1.82) is 0 Å². The fraction of sp³-hybridized carbons (Fsp3) is 0.667. The van der Waals surface area contributed by atoms with Gasteiger partial charge in [0.25, 0.3) is 5.56 Å². The molecule has 0 saturated heterocycles. The van der Waals surface area contributed by atoms with E-state index in [0.29, 0.717) is 11.4 Å². The van der Waals surface area contributed by atoms with Gasteiger partial charge in [0.1, 0.15) is 5.82 Å². The third-order valence-electron chi connectivity index (χ3n) is 2.36. The molecule has 0 aliphatic heterocycles. The van der Waals surface area contributed by atoms with Crippen molar-refractivity contribution < 1.29 is 5.11 Å². The highest BCUT2D eigenvalue weighted by molar-refractivity contribution is 5.30. The maximum Gasteiger partial charge on any atom is 0.258 e. The summed E-state index contributed by atoms with van der Waals surface area (Å²) in [6.45, 7) is 11.4. The molecule has 0 bridgehead atoms. The first-order chi connectivity index (χ1) is 7.03. The Balaban J connectivity index is 3.47. The summed E-state index contributed by atoms with van der Waals surface area (Å²) in [5.74, 6) is 0.337. The van der Waals surface area contributed by atoms with Crippen molar-refractivity contribution in [3.63, 3.8) is 0 Å². The van der Waals surface area contributed by atoms with Crippen molar-refractivity contribution in [2.24, 2.45) is 0 Å². The van der Waals surface area contributed by atoms with Crippen molar-refractivity contribution >= 4 is 0 Å². The largest absolute Gasteiger partial charge is 0.493 e. The molecule has 16 heavy (non-hydrogen) atoms. The van der Waals surface area contributed by atoms with Crippen molar-refractivity contribution in [3.8, 4) is 5.88 Å². The summed E-state index contributed by atoms with van der Waals surface area (Å²) in [4.78, 5) is 18.7. The number of hydrogen-bond acceptors (Lipinski definition) is 3. The maximum atomic E-state index is 11.9. The smallest absolute Gasteiger partial charge is 0.258 e. The number of aromatic nitrogens is 2. The van der Waals surface area contributed by atoms with Crippen LogP contribution in [0.5, 0.6) is 5.88 Å². The number of nitrogens with one attached hydrogen (secondary N) is 1. The molecule has 0 fully saturated rings. The summed E-state index contributed by atoms with van der Waals surface area (Å²) in [5.41, 5.74) is -0.626. The Labute approximate surface area is 95.7 Å². The van der Waals surface area contributed by atoms with Gasteiger partial charge in [-0.2, -0.15) is 4.98 Å². The van der Waals surface area contributed by atoms with Crippen LogP contribution < -0.4 is 5.56 Å². The Bertz CT molecular complexity index is 448. The van der Waals surface area contributed by atoms with Crippen LogP contribution in [0.3, 0.4) is 0 Å². The van der Waals surface area contributed by atoms with Gasteiger partial charge in [-0.1, -0.05) is 41.5 Å². The van der Waals surface area contributed by atoms with Crippen molar-refractivity contribution in [2.45, 2.75) is 52.4 Å². The lowest BCUT2D eigenvalue weighted by molar-refractivity contribution is 0.407. The number of rotatable bonds is 0. The Morgan fingerprint density at radius 1 is 1.06 bits per heavy atom. The molecule has 0 atom stereocenters. The molecular formula is C12H20N2O2. The lowest BCUT2D eigenvalue weighted by Crippen LogP contribution is -2.29. The minimum atomic E-state index is -0.416.